The molecule has 0 aromatic carbocycles. The van der Waals surface area contributed by atoms with Gasteiger partial charge in [-0.2, -0.15) is 0 Å². The van der Waals surface area contributed by atoms with E-state index in [2.05, 4.69) is 10.3 Å². The number of aromatic nitrogens is 3. The van der Waals surface area contributed by atoms with Crippen LogP contribution in [0.1, 0.15) is 54.7 Å². The van der Waals surface area contributed by atoms with Crippen LogP contribution in [0.3, 0.4) is 0 Å². The van der Waals surface area contributed by atoms with Gasteiger partial charge in [0.25, 0.3) is 11.8 Å². The van der Waals surface area contributed by atoms with Gasteiger partial charge in [0.05, 0.1) is 6.61 Å². The molecule has 2 amide bonds. The first kappa shape index (κ1) is 19.2. The Bertz CT molecular complexity index is 822. The third-order valence-electron chi connectivity index (χ3n) is 4.89. The number of nitrogens with zero attached hydrogens (tertiary/aromatic N) is 3. The minimum absolute atomic E-state index is 0.224. The summed E-state index contributed by atoms with van der Waals surface area (Å²) in [5, 5.41) is 7.70. The van der Waals surface area contributed by atoms with Gasteiger partial charge >= 0.3 is 0 Å². The van der Waals surface area contributed by atoms with Crippen molar-refractivity contribution in [1.29, 1.82) is 0 Å². The van der Waals surface area contributed by atoms with Crippen molar-refractivity contribution in [3.8, 4) is 0 Å². The topological polar surface area (TPSA) is 163 Å². The average molecular weight is 397 g/mol. The van der Waals surface area contributed by atoms with E-state index in [9.17, 15) is 9.59 Å². The molecule has 0 bridgehead atoms. The molecule has 12 heteroatoms. The number of amides is 2. The molecule has 0 spiro atoms. The summed E-state index contributed by atoms with van der Waals surface area (Å²) in [5.41, 5.74) is 10.2. The summed E-state index contributed by atoms with van der Waals surface area (Å²) < 4.78 is 30.6. The maximum atomic E-state index is 12.1. The van der Waals surface area contributed by atoms with E-state index in [1.165, 1.54) is 4.68 Å². The van der Waals surface area contributed by atoms with Crippen LogP contribution in [0.2, 0.25) is 0 Å². The summed E-state index contributed by atoms with van der Waals surface area (Å²) >= 11 is 0. The number of hydrogen-bond donors (Lipinski definition) is 2. The normalized spacial score (nSPS) is 35.8. The SMILES string of the molecule is CC1(C)OCC([C@H]2O[C@@H]3OC(C)(C)O[C@@H]3[C@H]2n2nnc(C(N)=O)c2C(N)=O)O1. The van der Waals surface area contributed by atoms with E-state index in [0.29, 0.717) is 0 Å². The molecule has 28 heavy (non-hydrogen) atoms. The molecule has 1 aromatic rings. The molecule has 5 atom stereocenters. The van der Waals surface area contributed by atoms with Crippen LogP contribution in [0.4, 0.5) is 0 Å². The van der Waals surface area contributed by atoms with E-state index in [1.54, 1.807) is 27.7 Å². The molecule has 4 rings (SSSR count). The van der Waals surface area contributed by atoms with Crippen LogP contribution in [0.15, 0.2) is 0 Å². The summed E-state index contributed by atoms with van der Waals surface area (Å²) in [5.74, 6) is -3.53. The Kier molecular flexibility index (Phi) is 4.25. The Morgan fingerprint density at radius 2 is 1.75 bits per heavy atom. The van der Waals surface area contributed by atoms with E-state index in [4.69, 9.17) is 35.2 Å². The number of carbonyl (C=O) groups excluding carboxylic acids is 2. The van der Waals surface area contributed by atoms with Gasteiger partial charge in [0.2, 0.25) is 0 Å². The Labute approximate surface area is 160 Å². The number of nitrogens with two attached hydrogens (primary N) is 2. The van der Waals surface area contributed by atoms with Gasteiger partial charge < -0.3 is 35.2 Å². The molecule has 3 aliphatic heterocycles. The lowest BCUT2D eigenvalue weighted by Gasteiger charge is -2.29. The van der Waals surface area contributed by atoms with Crippen molar-refractivity contribution in [2.45, 2.75) is 69.9 Å². The first-order valence-electron chi connectivity index (χ1n) is 8.87. The van der Waals surface area contributed by atoms with Gasteiger partial charge in [0.1, 0.15) is 24.4 Å². The minimum atomic E-state index is -0.919. The van der Waals surface area contributed by atoms with E-state index >= 15 is 0 Å². The quantitative estimate of drug-likeness (QED) is 0.651. The fourth-order valence-electron chi connectivity index (χ4n) is 3.88. The van der Waals surface area contributed by atoms with Crippen molar-refractivity contribution in [2.75, 3.05) is 6.61 Å². The summed E-state index contributed by atoms with van der Waals surface area (Å²) in [6.07, 6.45) is -2.54. The zero-order valence-corrected chi connectivity index (χ0v) is 15.9. The Morgan fingerprint density at radius 1 is 1.04 bits per heavy atom. The molecule has 4 N–H and O–H groups in total. The van der Waals surface area contributed by atoms with Crippen LogP contribution in [0.25, 0.3) is 0 Å². The van der Waals surface area contributed by atoms with Crippen molar-refractivity contribution in [3.63, 3.8) is 0 Å². The molecule has 154 valence electrons. The number of rotatable bonds is 4. The van der Waals surface area contributed by atoms with Gasteiger partial charge in [-0.3, -0.25) is 9.59 Å². The van der Waals surface area contributed by atoms with Crippen molar-refractivity contribution >= 4 is 11.8 Å². The van der Waals surface area contributed by atoms with Crippen LogP contribution >= 0.6 is 0 Å². The molecular weight excluding hydrogens is 374 g/mol. The molecule has 3 saturated heterocycles. The summed E-state index contributed by atoms with van der Waals surface area (Å²) in [6, 6.07) is -0.711. The van der Waals surface area contributed by atoms with Crippen LogP contribution in [-0.4, -0.2) is 69.6 Å². The lowest BCUT2D eigenvalue weighted by Crippen LogP contribution is -2.42. The van der Waals surface area contributed by atoms with Crippen molar-refractivity contribution in [3.05, 3.63) is 11.4 Å². The number of carbonyl (C=O) groups is 2. The van der Waals surface area contributed by atoms with Crippen LogP contribution in [0.5, 0.6) is 0 Å². The van der Waals surface area contributed by atoms with E-state index in [0.717, 1.165) is 0 Å². The highest BCUT2D eigenvalue weighted by molar-refractivity contribution is 6.03. The maximum absolute atomic E-state index is 12.1. The zero-order chi connectivity index (χ0) is 20.4. The molecule has 0 aliphatic carbocycles. The van der Waals surface area contributed by atoms with Crippen molar-refractivity contribution in [2.24, 2.45) is 11.5 Å². The fraction of sp³-hybridized carbons (Fsp3) is 0.750. The largest absolute Gasteiger partial charge is 0.364 e. The number of ether oxygens (including phenoxy) is 5. The molecule has 1 aromatic heterocycles. The smallest absolute Gasteiger partial charge is 0.271 e. The van der Waals surface area contributed by atoms with Gasteiger partial charge in [-0.05, 0) is 27.7 Å². The molecule has 12 nitrogen and oxygen atoms in total. The van der Waals surface area contributed by atoms with Crippen LogP contribution in [-0.2, 0) is 23.7 Å². The third kappa shape index (κ3) is 3.06. The van der Waals surface area contributed by atoms with Crippen molar-refractivity contribution < 1.29 is 33.3 Å². The summed E-state index contributed by atoms with van der Waals surface area (Å²) in [4.78, 5) is 23.7. The minimum Gasteiger partial charge on any atom is -0.364 e. The molecule has 3 fully saturated rings. The summed E-state index contributed by atoms with van der Waals surface area (Å²) in [6.45, 7) is 7.29. The standard InChI is InChI=1S/C16H23N5O7/c1-15(2)24-5-6(26-15)10-9(11-14(25-10)28-16(3,4)27-11)21-8(13(18)23)7(12(17)22)19-20-21/h6,9-11,14H,5H2,1-4H3,(H2,17,22)(H2,18,23)/t6?,9-,10+,11+,14+/m0/s1. The Morgan fingerprint density at radius 3 is 2.32 bits per heavy atom. The molecular formula is C16H23N5O7. The third-order valence-corrected chi connectivity index (χ3v) is 4.89. The number of primary amides is 2. The first-order valence-corrected chi connectivity index (χ1v) is 8.87. The Hall–Kier alpha value is -2.12. The van der Waals surface area contributed by atoms with Gasteiger partial charge in [-0.15, -0.1) is 5.10 Å². The maximum Gasteiger partial charge on any atom is 0.271 e. The van der Waals surface area contributed by atoms with Crippen molar-refractivity contribution in [1.82, 2.24) is 15.0 Å². The predicted octanol–water partition coefficient (Wildman–Crippen LogP) is -0.955. The van der Waals surface area contributed by atoms with Gasteiger partial charge in [0.15, 0.2) is 29.3 Å². The molecule has 1 unspecified atom stereocenters. The Balaban J connectivity index is 1.76. The van der Waals surface area contributed by atoms with E-state index in [-0.39, 0.29) is 18.0 Å². The monoisotopic (exact) mass is 397 g/mol. The van der Waals surface area contributed by atoms with Gasteiger partial charge in [-0.1, -0.05) is 5.21 Å². The van der Waals surface area contributed by atoms with E-state index < -0.39 is 54.0 Å². The number of fused-ring (bicyclic) bond motifs is 1. The second-order valence-corrected chi connectivity index (χ2v) is 7.89. The second kappa shape index (κ2) is 6.19. The summed E-state index contributed by atoms with van der Waals surface area (Å²) in [7, 11) is 0. The van der Waals surface area contributed by atoms with Gasteiger partial charge in [-0.25, -0.2) is 4.68 Å². The first-order chi connectivity index (χ1) is 13.0. The highest BCUT2D eigenvalue weighted by atomic mass is 16.8. The molecule has 3 aliphatic rings. The van der Waals surface area contributed by atoms with Gasteiger partial charge in [0, 0.05) is 0 Å². The fourth-order valence-corrected chi connectivity index (χ4v) is 3.88. The predicted molar refractivity (Wildman–Crippen MR) is 89.7 cm³/mol. The molecule has 0 radical (unpaired) electrons. The molecule has 0 saturated carbocycles. The second-order valence-electron chi connectivity index (χ2n) is 7.89. The van der Waals surface area contributed by atoms with Crippen LogP contribution in [0, 0.1) is 0 Å². The highest BCUT2D eigenvalue weighted by Crippen LogP contribution is 2.46. The van der Waals surface area contributed by atoms with Crippen LogP contribution < -0.4 is 11.5 Å². The zero-order valence-electron chi connectivity index (χ0n) is 15.9. The number of hydrogen-bond acceptors (Lipinski definition) is 9. The highest BCUT2D eigenvalue weighted by Gasteiger charge is 2.60. The molecule has 4 heterocycles. The average Bonchev–Trinajstić information content (AvgIpc) is 3.26. The lowest BCUT2D eigenvalue weighted by atomic mass is 10.0. The lowest BCUT2D eigenvalue weighted by molar-refractivity contribution is -0.226. The van der Waals surface area contributed by atoms with E-state index in [1.807, 2.05) is 0 Å².